The van der Waals surface area contributed by atoms with Gasteiger partial charge in [-0.15, -0.1) is 0 Å². The van der Waals surface area contributed by atoms with Crippen LogP contribution in [0.25, 0.3) is 11.3 Å². The molecule has 0 bridgehead atoms. The predicted molar refractivity (Wildman–Crippen MR) is 86.7 cm³/mol. The fourth-order valence-electron chi connectivity index (χ4n) is 2.01. The van der Waals surface area contributed by atoms with Crippen molar-refractivity contribution in [3.63, 3.8) is 0 Å². The van der Waals surface area contributed by atoms with Crippen molar-refractivity contribution in [2.24, 2.45) is 0 Å². The Bertz CT molecular complexity index is 810. The van der Waals surface area contributed by atoms with E-state index in [1.165, 1.54) is 6.92 Å². The summed E-state index contributed by atoms with van der Waals surface area (Å²) in [4.78, 5) is 15.6. The number of halogens is 1. The first-order valence-corrected chi connectivity index (χ1v) is 7.09. The highest BCUT2D eigenvalue weighted by Gasteiger charge is 2.08. The first-order valence-electron chi connectivity index (χ1n) is 6.71. The lowest BCUT2D eigenvalue weighted by molar-refractivity contribution is 0.101. The maximum atomic E-state index is 11.4. The van der Waals surface area contributed by atoms with E-state index in [0.717, 1.165) is 11.3 Å². The van der Waals surface area contributed by atoms with Crippen molar-refractivity contribution in [1.29, 1.82) is 0 Å². The standard InChI is InChI=1S/C17H13ClN2O2/c1-11(21)12-3-2-4-13(9-12)16-10-19-17(22-16)20-15-7-5-14(18)6-8-15/h2-10H,1H3,(H,19,20). The van der Waals surface area contributed by atoms with Gasteiger partial charge in [-0.3, -0.25) is 4.79 Å². The normalized spacial score (nSPS) is 10.5. The Morgan fingerprint density at radius 2 is 1.95 bits per heavy atom. The van der Waals surface area contributed by atoms with E-state index < -0.39 is 0 Å². The molecule has 0 fully saturated rings. The number of rotatable bonds is 4. The summed E-state index contributed by atoms with van der Waals surface area (Å²) in [5.41, 5.74) is 2.28. The van der Waals surface area contributed by atoms with Crippen molar-refractivity contribution in [3.8, 4) is 11.3 Å². The smallest absolute Gasteiger partial charge is 0.299 e. The van der Waals surface area contributed by atoms with Gasteiger partial charge in [0.25, 0.3) is 6.01 Å². The quantitative estimate of drug-likeness (QED) is 0.693. The van der Waals surface area contributed by atoms with E-state index >= 15 is 0 Å². The van der Waals surface area contributed by atoms with Crippen molar-refractivity contribution in [2.45, 2.75) is 6.92 Å². The molecule has 0 spiro atoms. The molecule has 0 amide bonds. The van der Waals surface area contributed by atoms with Crippen LogP contribution in [0.1, 0.15) is 17.3 Å². The Hall–Kier alpha value is -2.59. The van der Waals surface area contributed by atoms with Crippen LogP contribution < -0.4 is 5.32 Å². The molecular weight excluding hydrogens is 300 g/mol. The third-order valence-corrected chi connectivity index (χ3v) is 3.41. The van der Waals surface area contributed by atoms with E-state index in [2.05, 4.69) is 10.3 Å². The summed E-state index contributed by atoms with van der Waals surface area (Å²) in [6, 6.07) is 14.9. The summed E-state index contributed by atoms with van der Waals surface area (Å²) in [6.07, 6.45) is 1.62. The number of nitrogens with zero attached hydrogens (tertiary/aromatic N) is 1. The molecule has 0 saturated carbocycles. The zero-order valence-electron chi connectivity index (χ0n) is 11.8. The third kappa shape index (κ3) is 3.18. The van der Waals surface area contributed by atoms with Gasteiger partial charge < -0.3 is 9.73 Å². The zero-order valence-corrected chi connectivity index (χ0v) is 12.6. The summed E-state index contributed by atoms with van der Waals surface area (Å²) in [5, 5.41) is 3.72. The minimum absolute atomic E-state index is 0.0147. The summed E-state index contributed by atoms with van der Waals surface area (Å²) >= 11 is 5.84. The number of carbonyl (C=O) groups excluding carboxylic acids is 1. The van der Waals surface area contributed by atoms with Crippen molar-refractivity contribution >= 4 is 29.1 Å². The Balaban J connectivity index is 1.83. The molecule has 110 valence electrons. The highest BCUT2D eigenvalue weighted by Crippen LogP contribution is 2.25. The molecule has 0 aliphatic carbocycles. The number of nitrogens with one attached hydrogen (secondary N) is 1. The van der Waals surface area contributed by atoms with E-state index in [1.807, 2.05) is 24.3 Å². The van der Waals surface area contributed by atoms with E-state index in [-0.39, 0.29) is 5.78 Å². The molecule has 22 heavy (non-hydrogen) atoms. The second-order valence-electron chi connectivity index (χ2n) is 4.80. The van der Waals surface area contributed by atoms with E-state index in [0.29, 0.717) is 22.4 Å². The largest absolute Gasteiger partial charge is 0.423 e. The summed E-state index contributed by atoms with van der Waals surface area (Å²) in [7, 11) is 0. The van der Waals surface area contributed by atoms with Gasteiger partial charge in [0.05, 0.1) is 6.20 Å². The van der Waals surface area contributed by atoms with Crippen LogP contribution in [0.3, 0.4) is 0 Å². The highest BCUT2D eigenvalue weighted by atomic mass is 35.5. The van der Waals surface area contributed by atoms with Crippen LogP contribution in [0, 0.1) is 0 Å². The molecule has 5 heteroatoms. The lowest BCUT2D eigenvalue weighted by atomic mass is 10.1. The average molecular weight is 313 g/mol. The van der Waals surface area contributed by atoms with Gasteiger partial charge >= 0.3 is 0 Å². The lowest BCUT2D eigenvalue weighted by Gasteiger charge is -2.02. The van der Waals surface area contributed by atoms with Gasteiger partial charge in [-0.2, -0.15) is 0 Å². The van der Waals surface area contributed by atoms with Crippen LogP contribution in [0.5, 0.6) is 0 Å². The fraction of sp³-hybridized carbons (Fsp3) is 0.0588. The number of hydrogen-bond acceptors (Lipinski definition) is 4. The second-order valence-corrected chi connectivity index (χ2v) is 5.23. The topological polar surface area (TPSA) is 55.1 Å². The summed E-state index contributed by atoms with van der Waals surface area (Å²) < 4.78 is 5.67. The van der Waals surface area contributed by atoms with Crippen molar-refractivity contribution in [3.05, 3.63) is 65.3 Å². The molecule has 3 aromatic rings. The minimum atomic E-state index is 0.0147. The van der Waals surface area contributed by atoms with E-state index in [1.54, 1.807) is 30.5 Å². The maximum absolute atomic E-state index is 11.4. The summed E-state index contributed by atoms with van der Waals surface area (Å²) in [5.74, 6) is 0.612. The average Bonchev–Trinajstić information content (AvgIpc) is 2.98. The van der Waals surface area contributed by atoms with Crippen LogP contribution in [0.2, 0.25) is 5.02 Å². The van der Waals surface area contributed by atoms with Crippen molar-refractivity contribution < 1.29 is 9.21 Å². The highest BCUT2D eigenvalue weighted by molar-refractivity contribution is 6.30. The Morgan fingerprint density at radius 3 is 2.68 bits per heavy atom. The zero-order chi connectivity index (χ0) is 15.5. The van der Waals surface area contributed by atoms with Crippen LogP contribution in [-0.2, 0) is 0 Å². The molecule has 1 aromatic heterocycles. The molecule has 4 nitrogen and oxygen atoms in total. The van der Waals surface area contributed by atoms with Crippen LogP contribution in [-0.4, -0.2) is 10.8 Å². The van der Waals surface area contributed by atoms with Gasteiger partial charge in [0.1, 0.15) is 0 Å². The van der Waals surface area contributed by atoms with Crippen LogP contribution in [0.15, 0.2) is 59.1 Å². The number of ketones is 1. The fourth-order valence-corrected chi connectivity index (χ4v) is 2.14. The van der Waals surface area contributed by atoms with E-state index in [4.69, 9.17) is 16.0 Å². The van der Waals surface area contributed by atoms with Gasteiger partial charge in [0.15, 0.2) is 11.5 Å². The molecule has 0 aliphatic rings. The number of oxazole rings is 1. The van der Waals surface area contributed by atoms with Crippen molar-refractivity contribution in [1.82, 2.24) is 4.98 Å². The number of benzene rings is 2. The molecular formula is C17H13ClN2O2. The van der Waals surface area contributed by atoms with Gasteiger partial charge in [-0.05, 0) is 37.3 Å². The molecule has 0 unspecified atom stereocenters. The third-order valence-electron chi connectivity index (χ3n) is 3.15. The monoisotopic (exact) mass is 312 g/mol. The number of hydrogen-bond donors (Lipinski definition) is 1. The molecule has 1 N–H and O–H groups in total. The lowest BCUT2D eigenvalue weighted by Crippen LogP contribution is -1.91. The Labute approximate surface area is 132 Å². The van der Waals surface area contributed by atoms with Gasteiger partial charge in [0, 0.05) is 21.8 Å². The molecule has 3 rings (SSSR count). The molecule has 0 radical (unpaired) electrons. The van der Waals surface area contributed by atoms with E-state index in [9.17, 15) is 4.79 Å². The second kappa shape index (κ2) is 6.03. The van der Waals surface area contributed by atoms with Gasteiger partial charge in [0.2, 0.25) is 0 Å². The minimum Gasteiger partial charge on any atom is -0.423 e. The van der Waals surface area contributed by atoms with Crippen LogP contribution in [0.4, 0.5) is 11.7 Å². The molecule has 0 atom stereocenters. The number of carbonyl (C=O) groups is 1. The van der Waals surface area contributed by atoms with Gasteiger partial charge in [-0.25, -0.2) is 4.98 Å². The Kier molecular flexibility index (Phi) is 3.94. The summed E-state index contributed by atoms with van der Waals surface area (Å²) in [6.45, 7) is 1.53. The Morgan fingerprint density at radius 1 is 1.18 bits per heavy atom. The predicted octanol–water partition coefficient (Wildman–Crippen LogP) is 4.94. The molecule has 2 aromatic carbocycles. The SMILES string of the molecule is CC(=O)c1cccc(-c2cnc(Nc3ccc(Cl)cc3)o2)c1. The maximum Gasteiger partial charge on any atom is 0.299 e. The first-order chi connectivity index (χ1) is 10.6. The number of anilines is 2. The molecule has 1 heterocycles. The first kappa shape index (κ1) is 14.4. The van der Waals surface area contributed by atoms with Gasteiger partial charge in [-0.1, -0.05) is 29.8 Å². The molecule has 0 saturated heterocycles. The number of Topliss-reactive ketones (excluding diaryl/α,β-unsaturated/α-hetero) is 1. The van der Waals surface area contributed by atoms with Crippen molar-refractivity contribution in [2.75, 3.05) is 5.32 Å². The molecule has 0 aliphatic heterocycles. The number of aromatic nitrogens is 1. The van der Waals surface area contributed by atoms with Crippen LogP contribution >= 0.6 is 11.6 Å².